The van der Waals surface area contributed by atoms with E-state index in [1.165, 1.54) is 44.6 Å². The molecule has 0 radical (unpaired) electrons. The molecular formula is C11H20O2S. The molecule has 82 valence electrons. The van der Waals surface area contributed by atoms with E-state index < -0.39 is 5.97 Å². The molecule has 0 atom stereocenters. The van der Waals surface area contributed by atoms with Gasteiger partial charge in [-0.15, -0.1) is 11.8 Å². The van der Waals surface area contributed by atoms with Crippen molar-refractivity contribution >= 4 is 17.7 Å². The normalized spacial score (nSPS) is 10.9. The summed E-state index contributed by atoms with van der Waals surface area (Å²) >= 11 is 1.58. The Balaban J connectivity index is 3.02. The highest BCUT2D eigenvalue weighted by Crippen LogP contribution is 2.10. The zero-order valence-electron chi connectivity index (χ0n) is 8.87. The Morgan fingerprint density at radius 3 is 2.50 bits per heavy atom. The lowest BCUT2D eigenvalue weighted by Crippen LogP contribution is -1.85. The van der Waals surface area contributed by atoms with Gasteiger partial charge < -0.3 is 5.11 Å². The Morgan fingerprint density at radius 2 is 1.86 bits per heavy atom. The second-order valence-electron chi connectivity index (χ2n) is 3.28. The summed E-state index contributed by atoms with van der Waals surface area (Å²) in [5, 5.41) is 9.97. The van der Waals surface area contributed by atoms with Gasteiger partial charge in [0.15, 0.2) is 0 Å². The van der Waals surface area contributed by atoms with Gasteiger partial charge in [-0.2, -0.15) is 0 Å². The van der Waals surface area contributed by atoms with Crippen molar-refractivity contribution in [1.82, 2.24) is 0 Å². The fraction of sp³-hybridized carbons (Fsp3) is 0.727. The third-order valence-corrected chi connectivity index (χ3v) is 2.78. The van der Waals surface area contributed by atoms with Crippen LogP contribution in [0.3, 0.4) is 0 Å². The first-order valence-electron chi connectivity index (χ1n) is 5.28. The molecule has 0 aromatic rings. The molecule has 3 heteroatoms. The van der Waals surface area contributed by atoms with Gasteiger partial charge in [0.1, 0.15) is 0 Å². The van der Waals surface area contributed by atoms with E-state index in [1.807, 2.05) is 0 Å². The predicted molar refractivity (Wildman–Crippen MR) is 62.6 cm³/mol. The van der Waals surface area contributed by atoms with E-state index in [-0.39, 0.29) is 0 Å². The molecule has 0 amide bonds. The van der Waals surface area contributed by atoms with Gasteiger partial charge in [0, 0.05) is 6.08 Å². The van der Waals surface area contributed by atoms with Crippen LogP contribution in [-0.2, 0) is 4.79 Å². The van der Waals surface area contributed by atoms with E-state index in [4.69, 9.17) is 5.11 Å². The maximum Gasteiger partial charge on any atom is 0.328 e. The number of aliphatic carboxylic acids is 1. The quantitative estimate of drug-likeness (QED) is 0.472. The molecular weight excluding hydrogens is 196 g/mol. The molecule has 0 rings (SSSR count). The van der Waals surface area contributed by atoms with E-state index in [0.717, 1.165) is 5.75 Å². The van der Waals surface area contributed by atoms with E-state index in [0.29, 0.717) is 0 Å². The fourth-order valence-electron chi connectivity index (χ4n) is 1.14. The molecule has 0 aromatic carbocycles. The van der Waals surface area contributed by atoms with Gasteiger partial charge in [-0.05, 0) is 17.6 Å². The SMILES string of the molecule is CCCCCCCCSC=CC(=O)O. The van der Waals surface area contributed by atoms with Crippen LogP contribution in [0.4, 0.5) is 0 Å². The van der Waals surface area contributed by atoms with Gasteiger partial charge in [0.25, 0.3) is 0 Å². The minimum atomic E-state index is -0.861. The minimum Gasteiger partial charge on any atom is -0.478 e. The van der Waals surface area contributed by atoms with Crippen LogP contribution >= 0.6 is 11.8 Å². The Labute approximate surface area is 90.8 Å². The third kappa shape index (κ3) is 11.6. The molecule has 0 saturated carbocycles. The lowest BCUT2D eigenvalue weighted by molar-refractivity contribution is -0.131. The van der Waals surface area contributed by atoms with Crippen molar-refractivity contribution < 1.29 is 9.90 Å². The summed E-state index contributed by atoms with van der Waals surface area (Å²) in [4.78, 5) is 10.1. The van der Waals surface area contributed by atoms with Gasteiger partial charge in [-0.25, -0.2) is 4.79 Å². The minimum absolute atomic E-state index is 0.861. The first kappa shape index (κ1) is 13.6. The van der Waals surface area contributed by atoms with E-state index >= 15 is 0 Å². The smallest absolute Gasteiger partial charge is 0.328 e. The van der Waals surface area contributed by atoms with Crippen LogP contribution < -0.4 is 0 Å². The molecule has 0 unspecified atom stereocenters. The van der Waals surface area contributed by atoms with Gasteiger partial charge in [-0.3, -0.25) is 0 Å². The molecule has 0 aliphatic heterocycles. The van der Waals surface area contributed by atoms with Crippen molar-refractivity contribution in [2.45, 2.75) is 45.4 Å². The molecule has 0 aliphatic carbocycles. The molecule has 1 N–H and O–H groups in total. The number of unbranched alkanes of at least 4 members (excludes halogenated alkanes) is 5. The van der Waals surface area contributed by atoms with Crippen molar-refractivity contribution in [2.24, 2.45) is 0 Å². The van der Waals surface area contributed by atoms with Crippen molar-refractivity contribution in [3.8, 4) is 0 Å². The summed E-state index contributed by atoms with van der Waals surface area (Å²) in [6, 6.07) is 0. The first-order valence-corrected chi connectivity index (χ1v) is 6.33. The predicted octanol–water partition coefficient (Wildman–Crippen LogP) is 3.68. The summed E-state index contributed by atoms with van der Waals surface area (Å²) in [5.41, 5.74) is 0. The van der Waals surface area contributed by atoms with Crippen LogP contribution in [-0.4, -0.2) is 16.8 Å². The van der Waals surface area contributed by atoms with Crippen LogP contribution in [0.25, 0.3) is 0 Å². The third-order valence-electron chi connectivity index (χ3n) is 1.92. The van der Waals surface area contributed by atoms with Crippen molar-refractivity contribution in [3.63, 3.8) is 0 Å². The summed E-state index contributed by atoms with van der Waals surface area (Å²) in [6.07, 6.45) is 8.94. The second kappa shape index (κ2) is 10.6. The largest absolute Gasteiger partial charge is 0.478 e. The fourth-order valence-corrected chi connectivity index (χ4v) is 1.86. The van der Waals surface area contributed by atoms with Crippen LogP contribution in [0.15, 0.2) is 11.5 Å². The number of thioether (sulfide) groups is 1. The Kier molecular flexibility index (Phi) is 10.3. The number of carbonyl (C=O) groups is 1. The van der Waals surface area contributed by atoms with Gasteiger partial charge in [-0.1, -0.05) is 39.0 Å². The molecule has 14 heavy (non-hydrogen) atoms. The molecule has 0 aliphatic rings. The van der Waals surface area contributed by atoms with E-state index in [9.17, 15) is 4.79 Å². The van der Waals surface area contributed by atoms with Crippen LogP contribution in [0.1, 0.15) is 45.4 Å². The highest BCUT2D eigenvalue weighted by atomic mass is 32.2. The van der Waals surface area contributed by atoms with Crippen molar-refractivity contribution in [2.75, 3.05) is 5.75 Å². The van der Waals surface area contributed by atoms with Crippen LogP contribution in [0.2, 0.25) is 0 Å². The van der Waals surface area contributed by atoms with Crippen molar-refractivity contribution in [1.29, 1.82) is 0 Å². The van der Waals surface area contributed by atoms with Gasteiger partial charge in [0.05, 0.1) is 0 Å². The van der Waals surface area contributed by atoms with Crippen molar-refractivity contribution in [3.05, 3.63) is 11.5 Å². The molecule has 0 saturated heterocycles. The average Bonchev–Trinajstić information content (AvgIpc) is 2.15. The van der Waals surface area contributed by atoms with Crippen LogP contribution in [0, 0.1) is 0 Å². The van der Waals surface area contributed by atoms with Crippen LogP contribution in [0.5, 0.6) is 0 Å². The number of hydrogen-bond acceptors (Lipinski definition) is 2. The molecule has 2 nitrogen and oxygen atoms in total. The number of rotatable bonds is 9. The average molecular weight is 216 g/mol. The highest BCUT2D eigenvalue weighted by molar-refractivity contribution is 8.02. The van der Waals surface area contributed by atoms with Gasteiger partial charge in [0.2, 0.25) is 0 Å². The maximum absolute atomic E-state index is 10.1. The van der Waals surface area contributed by atoms with E-state index in [2.05, 4.69) is 6.92 Å². The summed E-state index contributed by atoms with van der Waals surface area (Å²) < 4.78 is 0. The summed E-state index contributed by atoms with van der Waals surface area (Å²) in [6.45, 7) is 2.21. The Hall–Kier alpha value is -0.440. The second-order valence-corrected chi connectivity index (χ2v) is 4.29. The zero-order chi connectivity index (χ0) is 10.6. The maximum atomic E-state index is 10.1. The summed E-state index contributed by atoms with van der Waals surface area (Å²) in [5.74, 6) is 0.177. The summed E-state index contributed by atoms with van der Waals surface area (Å²) in [7, 11) is 0. The molecule has 0 fully saturated rings. The number of carboxylic acid groups (broad SMARTS) is 1. The zero-order valence-corrected chi connectivity index (χ0v) is 9.68. The first-order chi connectivity index (χ1) is 6.77. The number of hydrogen-bond donors (Lipinski definition) is 1. The molecule has 0 spiro atoms. The molecule has 0 aromatic heterocycles. The van der Waals surface area contributed by atoms with Gasteiger partial charge >= 0.3 is 5.97 Å². The highest BCUT2D eigenvalue weighted by Gasteiger charge is 1.90. The lowest BCUT2D eigenvalue weighted by Gasteiger charge is -1.98. The molecule has 0 heterocycles. The number of carboxylic acids is 1. The standard InChI is InChI=1S/C11H20O2S/c1-2-3-4-5-6-7-9-14-10-8-11(12)13/h8,10H,2-7,9H2,1H3,(H,12,13). The topological polar surface area (TPSA) is 37.3 Å². The lowest BCUT2D eigenvalue weighted by atomic mass is 10.1. The monoisotopic (exact) mass is 216 g/mol. The van der Waals surface area contributed by atoms with E-state index in [1.54, 1.807) is 17.2 Å². The Morgan fingerprint density at radius 1 is 1.21 bits per heavy atom. The molecule has 0 bridgehead atoms. The Bertz CT molecular complexity index is 167.